The molecule has 0 unspecified atom stereocenters. The van der Waals surface area contributed by atoms with Crippen LogP contribution in [0.2, 0.25) is 0 Å². The van der Waals surface area contributed by atoms with Gasteiger partial charge in [-0.2, -0.15) is 0 Å². The molecule has 0 saturated carbocycles. The number of para-hydroxylation sites is 1. The molecule has 3 heterocycles. The van der Waals surface area contributed by atoms with Crippen molar-refractivity contribution >= 4 is 40.4 Å². The second-order valence-electron chi connectivity index (χ2n) is 10.0. The van der Waals surface area contributed by atoms with Crippen molar-refractivity contribution in [2.75, 3.05) is 4.90 Å². The molecular weight excluding hydrogens is 478 g/mol. The molecule has 0 amide bonds. The average molecular weight is 502 g/mol. The summed E-state index contributed by atoms with van der Waals surface area (Å²) in [6, 6.07) is 25.3. The van der Waals surface area contributed by atoms with Gasteiger partial charge in [0.15, 0.2) is 17.3 Å². The average Bonchev–Trinajstić information content (AvgIpc) is 3.63. The number of rotatable bonds is 3. The first kappa shape index (κ1) is 22.1. The highest BCUT2D eigenvalue weighted by atomic mass is 32.1. The number of thiophene rings is 1. The molecule has 4 nitrogen and oxygen atoms in total. The maximum atomic E-state index is 14.5. The van der Waals surface area contributed by atoms with E-state index in [-0.39, 0.29) is 17.3 Å². The summed E-state index contributed by atoms with van der Waals surface area (Å²) in [7, 11) is 0. The van der Waals surface area contributed by atoms with E-state index in [9.17, 15) is 14.4 Å². The molecule has 0 radical (unpaired) electrons. The number of Topliss-reactive ketones (excluding diaryl/α,β-unsaturated/α-hetero) is 3. The lowest BCUT2D eigenvalue weighted by Crippen LogP contribution is -2.48. The number of anilines is 1. The first-order valence-electron chi connectivity index (χ1n) is 12.4. The minimum atomic E-state index is -1.44. The van der Waals surface area contributed by atoms with E-state index in [1.165, 1.54) is 11.3 Å². The zero-order chi connectivity index (χ0) is 25.3. The highest BCUT2D eigenvalue weighted by molar-refractivity contribution is 7.12. The van der Waals surface area contributed by atoms with Crippen molar-refractivity contribution in [1.29, 1.82) is 0 Å². The van der Waals surface area contributed by atoms with Crippen molar-refractivity contribution in [3.8, 4) is 0 Å². The highest BCUT2D eigenvalue weighted by Gasteiger charge is 2.71. The van der Waals surface area contributed by atoms with Crippen molar-refractivity contribution < 1.29 is 14.4 Å². The second-order valence-corrected chi connectivity index (χ2v) is 11.0. The van der Waals surface area contributed by atoms with Crippen molar-refractivity contribution in [3.05, 3.63) is 129 Å². The van der Waals surface area contributed by atoms with Crippen LogP contribution < -0.4 is 4.90 Å². The smallest absolute Gasteiger partial charge is 0.195 e. The van der Waals surface area contributed by atoms with Crippen LogP contribution in [0, 0.1) is 12.3 Å². The van der Waals surface area contributed by atoms with Crippen molar-refractivity contribution in [3.63, 3.8) is 0 Å². The van der Waals surface area contributed by atoms with Crippen LogP contribution in [0.25, 0.3) is 6.08 Å². The third-order valence-electron chi connectivity index (χ3n) is 8.18. The molecule has 1 aliphatic carbocycles. The number of aryl methyl sites for hydroxylation is 1. The van der Waals surface area contributed by atoms with Gasteiger partial charge in [0.2, 0.25) is 0 Å². The van der Waals surface area contributed by atoms with Crippen molar-refractivity contribution in [1.82, 2.24) is 0 Å². The van der Waals surface area contributed by atoms with E-state index in [1.807, 2.05) is 85.1 Å². The fraction of sp³-hybridized carbons (Fsp3) is 0.156. The molecule has 3 aromatic carbocycles. The highest BCUT2D eigenvalue weighted by Crippen LogP contribution is 2.61. The monoisotopic (exact) mass is 501 g/mol. The van der Waals surface area contributed by atoms with Crippen LogP contribution >= 0.6 is 11.3 Å². The van der Waals surface area contributed by atoms with Crippen molar-refractivity contribution in [2.45, 2.75) is 24.9 Å². The molecule has 3 aliphatic rings. The molecule has 5 heteroatoms. The van der Waals surface area contributed by atoms with Crippen LogP contribution in [0.5, 0.6) is 0 Å². The van der Waals surface area contributed by atoms with Gasteiger partial charge in [-0.3, -0.25) is 14.4 Å². The predicted molar refractivity (Wildman–Crippen MR) is 146 cm³/mol. The van der Waals surface area contributed by atoms with Gasteiger partial charge in [0.25, 0.3) is 0 Å². The molecule has 2 aliphatic heterocycles. The quantitative estimate of drug-likeness (QED) is 0.242. The Hall–Kier alpha value is -4.09. The van der Waals surface area contributed by atoms with Crippen LogP contribution in [0.15, 0.2) is 96.4 Å². The first-order chi connectivity index (χ1) is 18.0. The predicted octanol–water partition coefficient (Wildman–Crippen LogP) is 6.37. The Morgan fingerprint density at radius 2 is 1.51 bits per heavy atom. The zero-order valence-corrected chi connectivity index (χ0v) is 20.9. The first-order valence-corrected chi connectivity index (χ1v) is 13.3. The SMILES string of the molecule is Cc1ccc([C@H]2[C@@H](C(=O)c3cccs3)N3c4ccccc4C=C[C@@H]3C23C(=O)c2ccccc2C3=O)cc1. The van der Waals surface area contributed by atoms with Crippen molar-refractivity contribution in [2.24, 2.45) is 5.41 Å². The molecule has 3 atom stereocenters. The Bertz CT molecular complexity index is 1580. The Kier molecular flexibility index (Phi) is 4.76. The number of benzene rings is 3. The maximum absolute atomic E-state index is 14.5. The summed E-state index contributed by atoms with van der Waals surface area (Å²) in [6.45, 7) is 2.01. The normalized spacial score (nSPS) is 22.7. The second kappa shape index (κ2) is 7.95. The van der Waals surface area contributed by atoms with E-state index in [1.54, 1.807) is 24.3 Å². The zero-order valence-electron chi connectivity index (χ0n) is 20.1. The van der Waals surface area contributed by atoms with E-state index >= 15 is 0 Å². The summed E-state index contributed by atoms with van der Waals surface area (Å²) in [5.74, 6) is -1.11. The minimum Gasteiger partial charge on any atom is -0.352 e. The lowest BCUT2D eigenvalue weighted by Gasteiger charge is -2.37. The molecule has 1 spiro atoms. The van der Waals surface area contributed by atoms with E-state index < -0.39 is 23.4 Å². The molecule has 0 N–H and O–H groups in total. The Labute approximate surface area is 218 Å². The van der Waals surface area contributed by atoms with Gasteiger partial charge in [0, 0.05) is 22.7 Å². The number of nitrogens with zero attached hydrogens (tertiary/aromatic N) is 1. The molecule has 0 bridgehead atoms. The summed E-state index contributed by atoms with van der Waals surface area (Å²) < 4.78 is 0. The summed E-state index contributed by atoms with van der Waals surface area (Å²) in [4.78, 5) is 46.1. The fourth-order valence-corrected chi connectivity index (χ4v) is 7.33. The van der Waals surface area contributed by atoms with Gasteiger partial charge >= 0.3 is 0 Å². The summed E-state index contributed by atoms with van der Waals surface area (Å²) in [5, 5.41) is 1.89. The molecule has 1 saturated heterocycles. The molecule has 7 rings (SSSR count). The van der Waals surface area contributed by atoms with Gasteiger partial charge in [0.1, 0.15) is 11.5 Å². The number of carbonyl (C=O) groups is 3. The Balaban J connectivity index is 1.56. The molecule has 180 valence electrons. The molecule has 4 aromatic rings. The van der Waals surface area contributed by atoms with Gasteiger partial charge in [-0.25, -0.2) is 0 Å². The van der Waals surface area contributed by atoms with E-state index in [0.717, 1.165) is 22.4 Å². The number of carbonyl (C=O) groups excluding carboxylic acids is 3. The third kappa shape index (κ3) is 2.86. The summed E-state index contributed by atoms with van der Waals surface area (Å²) in [5.41, 5.74) is 3.19. The Morgan fingerprint density at radius 1 is 0.838 bits per heavy atom. The van der Waals surface area contributed by atoms with E-state index in [0.29, 0.717) is 16.0 Å². The van der Waals surface area contributed by atoms with Gasteiger partial charge in [-0.1, -0.05) is 90.5 Å². The van der Waals surface area contributed by atoms with Gasteiger partial charge in [-0.15, -0.1) is 11.3 Å². The topological polar surface area (TPSA) is 54.5 Å². The number of fused-ring (bicyclic) bond motifs is 5. The van der Waals surface area contributed by atoms with Crippen LogP contribution in [-0.4, -0.2) is 29.4 Å². The molecule has 1 fully saturated rings. The molecular formula is C32H23NO3S. The minimum absolute atomic E-state index is 0.0656. The maximum Gasteiger partial charge on any atom is 0.195 e. The molecule has 1 aromatic heterocycles. The van der Waals surface area contributed by atoms with Gasteiger partial charge < -0.3 is 4.90 Å². The van der Waals surface area contributed by atoms with Gasteiger partial charge in [0.05, 0.1) is 10.9 Å². The van der Waals surface area contributed by atoms with E-state index in [4.69, 9.17) is 0 Å². The van der Waals surface area contributed by atoms with Crippen LogP contribution in [-0.2, 0) is 0 Å². The summed E-state index contributed by atoms with van der Waals surface area (Å²) >= 11 is 1.39. The lowest BCUT2D eigenvalue weighted by atomic mass is 9.64. The largest absolute Gasteiger partial charge is 0.352 e. The summed E-state index contributed by atoms with van der Waals surface area (Å²) in [6.07, 6.45) is 3.96. The fourth-order valence-electron chi connectivity index (χ4n) is 6.63. The van der Waals surface area contributed by atoms with Crippen LogP contribution in [0.4, 0.5) is 5.69 Å². The lowest BCUT2D eigenvalue weighted by molar-refractivity contribution is 0.0666. The standard InChI is InChI=1S/C32H23NO3S/c1-19-12-14-21(15-13-19)27-28(29(34)25-11-6-18-37-25)33-24-10-5-2-7-20(24)16-17-26(33)32(27)30(35)22-8-3-4-9-23(22)31(32)36/h2-18,26-28H,1H3/t26-,27+,28+/m1/s1. The van der Waals surface area contributed by atoms with Gasteiger partial charge in [-0.05, 0) is 35.6 Å². The Morgan fingerprint density at radius 3 is 2.19 bits per heavy atom. The number of hydrogen-bond acceptors (Lipinski definition) is 5. The third-order valence-corrected chi connectivity index (χ3v) is 9.07. The van der Waals surface area contributed by atoms with Crippen LogP contribution in [0.1, 0.15) is 53.0 Å². The molecule has 37 heavy (non-hydrogen) atoms. The van der Waals surface area contributed by atoms with Crippen LogP contribution in [0.3, 0.4) is 0 Å². The van der Waals surface area contributed by atoms with E-state index in [2.05, 4.69) is 4.90 Å². The number of ketones is 3. The number of hydrogen-bond donors (Lipinski definition) is 0.